The van der Waals surface area contributed by atoms with Crippen molar-refractivity contribution < 1.29 is 9.53 Å². The van der Waals surface area contributed by atoms with Crippen molar-refractivity contribution in [2.45, 2.75) is 0 Å². The molecule has 0 aliphatic rings. The Balaban J connectivity index is 3.14. The fourth-order valence-corrected chi connectivity index (χ4v) is 1.14. The molecule has 2 nitrogen and oxygen atoms in total. The monoisotopic (exact) mass is 252 g/mol. The van der Waals surface area contributed by atoms with Gasteiger partial charge in [0.25, 0.3) is 0 Å². The fourth-order valence-electron chi connectivity index (χ4n) is 1.00. The molecule has 3 heteroatoms. The first-order valence-corrected chi connectivity index (χ1v) is 5.12. The van der Waals surface area contributed by atoms with Crippen molar-refractivity contribution in [3.8, 4) is 17.6 Å². The Hall–Kier alpha value is -1.27. The predicted molar refractivity (Wildman–Crippen MR) is 59.1 cm³/mol. The summed E-state index contributed by atoms with van der Waals surface area (Å²) in [5, 5.41) is 0.586. The van der Waals surface area contributed by atoms with Gasteiger partial charge in [0.15, 0.2) is 6.29 Å². The Morgan fingerprint density at radius 3 is 2.93 bits per heavy atom. The highest BCUT2D eigenvalue weighted by Gasteiger charge is 2.00. The van der Waals surface area contributed by atoms with Crippen LogP contribution in [-0.4, -0.2) is 18.7 Å². The molecule has 0 fully saturated rings. The summed E-state index contributed by atoms with van der Waals surface area (Å²) in [5.74, 6) is 6.43. The molecule has 0 unspecified atom stereocenters. The highest BCUT2D eigenvalue weighted by Crippen LogP contribution is 2.15. The van der Waals surface area contributed by atoms with Crippen LogP contribution in [0.3, 0.4) is 0 Å². The Morgan fingerprint density at radius 2 is 2.36 bits per heavy atom. The zero-order valence-electron chi connectivity index (χ0n) is 7.71. The van der Waals surface area contributed by atoms with E-state index in [-0.39, 0.29) is 0 Å². The average Bonchev–Trinajstić information content (AvgIpc) is 2.25. The molecule has 0 aliphatic carbocycles. The highest BCUT2D eigenvalue weighted by atomic mass is 79.9. The van der Waals surface area contributed by atoms with Gasteiger partial charge in [-0.15, -0.1) is 0 Å². The minimum atomic E-state index is 0.583. The summed E-state index contributed by atoms with van der Waals surface area (Å²) in [5.41, 5.74) is 1.28. The second kappa shape index (κ2) is 5.46. The molecule has 1 aromatic carbocycles. The zero-order valence-corrected chi connectivity index (χ0v) is 9.30. The summed E-state index contributed by atoms with van der Waals surface area (Å²) in [6.45, 7) is 0. The van der Waals surface area contributed by atoms with Gasteiger partial charge in [-0.2, -0.15) is 0 Å². The van der Waals surface area contributed by atoms with Gasteiger partial charge in [0.2, 0.25) is 0 Å². The Kier molecular flexibility index (Phi) is 4.21. The molecule has 1 rings (SSSR count). The lowest BCUT2D eigenvalue weighted by Crippen LogP contribution is -1.90. The van der Waals surface area contributed by atoms with Crippen molar-refractivity contribution in [3.63, 3.8) is 0 Å². The fraction of sp³-hybridized carbons (Fsp3) is 0.182. The zero-order chi connectivity index (χ0) is 10.4. The third-order valence-electron chi connectivity index (χ3n) is 1.68. The van der Waals surface area contributed by atoms with Gasteiger partial charge in [-0.05, 0) is 18.2 Å². The molecule has 0 saturated carbocycles. The number of hydrogen-bond acceptors (Lipinski definition) is 2. The molecule has 0 aromatic heterocycles. The second-order valence-electron chi connectivity index (χ2n) is 2.51. The smallest absolute Gasteiger partial charge is 0.151 e. The van der Waals surface area contributed by atoms with Crippen LogP contribution in [0.15, 0.2) is 18.2 Å². The standard InChI is InChI=1S/C11H9BrO2/c1-14-11-5-4-10(8-13)9(7-11)3-2-6-12/h4-5,7-8H,6H2,1H3. The number of ether oxygens (including phenoxy) is 1. The van der Waals surface area contributed by atoms with Crippen LogP contribution in [0.5, 0.6) is 5.75 Å². The lowest BCUT2D eigenvalue weighted by atomic mass is 10.1. The number of halogens is 1. The van der Waals surface area contributed by atoms with Gasteiger partial charge in [0.05, 0.1) is 12.4 Å². The van der Waals surface area contributed by atoms with E-state index in [1.54, 1.807) is 25.3 Å². The largest absolute Gasteiger partial charge is 0.497 e. The average molecular weight is 253 g/mol. The van der Waals surface area contributed by atoms with Crippen molar-refractivity contribution in [3.05, 3.63) is 29.3 Å². The Bertz CT molecular complexity index is 388. The van der Waals surface area contributed by atoms with Crippen molar-refractivity contribution in [2.24, 2.45) is 0 Å². The summed E-state index contributed by atoms with van der Waals surface area (Å²) >= 11 is 3.20. The molecule has 0 heterocycles. The number of carbonyl (C=O) groups excluding carboxylic acids is 1. The summed E-state index contributed by atoms with van der Waals surface area (Å²) in [6, 6.07) is 5.19. The van der Waals surface area contributed by atoms with Crippen molar-refractivity contribution >= 4 is 22.2 Å². The molecule has 0 atom stereocenters. The van der Waals surface area contributed by atoms with E-state index >= 15 is 0 Å². The van der Waals surface area contributed by atoms with Gasteiger partial charge < -0.3 is 4.74 Å². The molecular formula is C11H9BrO2. The quantitative estimate of drug-likeness (QED) is 0.459. The maximum absolute atomic E-state index is 10.7. The molecule has 0 saturated heterocycles. The van der Waals surface area contributed by atoms with E-state index in [0.29, 0.717) is 22.2 Å². The van der Waals surface area contributed by atoms with E-state index in [1.165, 1.54) is 0 Å². The lowest BCUT2D eigenvalue weighted by molar-refractivity contribution is 0.112. The topological polar surface area (TPSA) is 26.3 Å². The van der Waals surface area contributed by atoms with Crippen LogP contribution in [0.4, 0.5) is 0 Å². The maximum atomic E-state index is 10.7. The third kappa shape index (κ3) is 2.61. The van der Waals surface area contributed by atoms with Crippen LogP contribution in [0, 0.1) is 11.8 Å². The molecule has 0 radical (unpaired) electrons. The first-order chi connectivity index (χ1) is 6.81. The van der Waals surface area contributed by atoms with Crippen molar-refractivity contribution in [1.82, 2.24) is 0 Å². The number of aldehydes is 1. The highest BCUT2D eigenvalue weighted by molar-refractivity contribution is 9.09. The molecular weight excluding hydrogens is 244 g/mol. The van der Waals surface area contributed by atoms with Crippen LogP contribution < -0.4 is 4.74 Å². The van der Waals surface area contributed by atoms with E-state index in [0.717, 1.165) is 6.29 Å². The number of alkyl halides is 1. The van der Waals surface area contributed by atoms with Gasteiger partial charge >= 0.3 is 0 Å². The number of benzene rings is 1. The number of carbonyl (C=O) groups is 1. The van der Waals surface area contributed by atoms with Gasteiger partial charge in [-0.25, -0.2) is 0 Å². The predicted octanol–water partition coefficient (Wildman–Crippen LogP) is 2.25. The molecule has 1 aromatic rings. The first-order valence-electron chi connectivity index (χ1n) is 4.00. The van der Waals surface area contributed by atoms with E-state index in [2.05, 4.69) is 27.8 Å². The number of rotatable bonds is 2. The summed E-state index contributed by atoms with van der Waals surface area (Å²) in [6.07, 6.45) is 0.789. The van der Waals surface area contributed by atoms with Crippen molar-refractivity contribution in [2.75, 3.05) is 12.4 Å². The number of methoxy groups -OCH3 is 1. The summed E-state index contributed by atoms with van der Waals surface area (Å²) in [7, 11) is 1.58. The first kappa shape index (κ1) is 10.8. The van der Waals surface area contributed by atoms with Crippen molar-refractivity contribution in [1.29, 1.82) is 0 Å². The minimum absolute atomic E-state index is 0.583. The SMILES string of the molecule is COc1ccc(C=O)c(C#CCBr)c1. The van der Waals surface area contributed by atoms with Crippen LogP contribution in [0.2, 0.25) is 0 Å². The van der Waals surface area contributed by atoms with Gasteiger partial charge in [0.1, 0.15) is 5.75 Å². The van der Waals surface area contributed by atoms with Crippen LogP contribution in [-0.2, 0) is 0 Å². The van der Waals surface area contributed by atoms with E-state index in [1.807, 2.05) is 0 Å². The molecule has 0 N–H and O–H groups in total. The normalized spacial score (nSPS) is 8.71. The third-order valence-corrected chi connectivity index (χ3v) is 1.96. The molecule has 14 heavy (non-hydrogen) atoms. The Labute approximate surface area is 91.4 Å². The lowest BCUT2D eigenvalue weighted by Gasteiger charge is -2.01. The van der Waals surface area contributed by atoms with E-state index < -0.39 is 0 Å². The van der Waals surface area contributed by atoms with Crippen LogP contribution >= 0.6 is 15.9 Å². The van der Waals surface area contributed by atoms with Crippen LogP contribution in [0.1, 0.15) is 15.9 Å². The molecule has 0 amide bonds. The summed E-state index contributed by atoms with van der Waals surface area (Å²) < 4.78 is 5.04. The summed E-state index contributed by atoms with van der Waals surface area (Å²) in [4.78, 5) is 10.7. The van der Waals surface area contributed by atoms with E-state index in [4.69, 9.17) is 4.74 Å². The minimum Gasteiger partial charge on any atom is -0.497 e. The second-order valence-corrected chi connectivity index (χ2v) is 3.07. The van der Waals surface area contributed by atoms with Gasteiger partial charge in [-0.1, -0.05) is 27.8 Å². The maximum Gasteiger partial charge on any atom is 0.151 e. The molecule has 0 bridgehead atoms. The van der Waals surface area contributed by atoms with Gasteiger partial charge in [0, 0.05) is 11.1 Å². The molecule has 0 spiro atoms. The Morgan fingerprint density at radius 1 is 1.57 bits per heavy atom. The molecule has 0 aliphatic heterocycles. The number of hydrogen-bond donors (Lipinski definition) is 0. The van der Waals surface area contributed by atoms with E-state index in [9.17, 15) is 4.79 Å². The molecule has 72 valence electrons. The van der Waals surface area contributed by atoms with Crippen LogP contribution in [0.25, 0.3) is 0 Å². The van der Waals surface area contributed by atoms with Gasteiger partial charge in [-0.3, -0.25) is 4.79 Å².